The van der Waals surface area contributed by atoms with Crippen LogP contribution in [0.15, 0.2) is 211 Å². The maximum atomic E-state index is 6.94. The van der Waals surface area contributed by atoms with Gasteiger partial charge in [-0.05, 0) is 81.9 Å². The number of para-hydroxylation sites is 4. The van der Waals surface area contributed by atoms with Gasteiger partial charge in [0.2, 0.25) is 0 Å². The third-order valence-corrected chi connectivity index (χ3v) is 11.7. The first kappa shape index (κ1) is 31.7. The highest BCUT2D eigenvalue weighted by atomic mass is 16.3. The Balaban J connectivity index is 1.13. The molecule has 9 aromatic carbocycles. The average Bonchev–Trinajstić information content (AvgIpc) is 3.95. The number of nitrogens with zero attached hydrogens (tertiary/aromatic N) is 2. The van der Waals surface area contributed by atoms with Gasteiger partial charge in [-0.25, -0.2) is 0 Å². The monoisotopic (exact) mass is 726 g/mol. The lowest BCUT2D eigenvalue weighted by Gasteiger charge is -2.14. The molecule has 0 aliphatic heterocycles. The highest BCUT2D eigenvalue weighted by Gasteiger charge is 2.23. The fourth-order valence-corrected chi connectivity index (χ4v) is 9.32. The summed E-state index contributed by atoms with van der Waals surface area (Å²) in [5.41, 5.74) is 15.7. The molecule has 0 aliphatic carbocycles. The van der Waals surface area contributed by atoms with E-state index < -0.39 is 0 Å². The highest BCUT2D eigenvalue weighted by Crippen LogP contribution is 2.46. The Morgan fingerprint density at radius 1 is 0.316 bits per heavy atom. The Bertz CT molecular complexity index is 3510. The normalized spacial score (nSPS) is 11.9. The topological polar surface area (TPSA) is 23.0 Å². The zero-order valence-electron chi connectivity index (χ0n) is 30.9. The molecule has 266 valence electrons. The molecule has 3 nitrogen and oxygen atoms in total. The van der Waals surface area contributed by atoms with Crippen molar-refractivity contribution in [2.45, 2.75) is 0 Å². The van der Waals surface area contributed by atoms with Crippen LogP contribution in [0.4, 0.5) is 0 Å². The summed E-state index contributed by atoms with van der Waals surface area (Å²) in [5.74, 6) is 0. The quantitative estimate of drug-likeness (QED) is 0.173. The molecular weight excluding hydrogens is 693 g/mol. The third-order valence-electron chi connectivity index (χ3n) is 11.7. The number of aromatic nitrogens is 2. The molecule has 3 aromatic heterocycles. The Kier molecular flexibility index (Phi) is 6.93. The molecule has 0 N–H and O–H groups in total. The van der Waals surface area contributed by atoms with E-state index in [0.29, 0.717) is 0 Å². The van der Waals surface area contributed by atoms with E-state index in [-0.39, 0.29) is 0 Å². The maximum Gasteiger partial charge on any atom is 0.160 e. The van der Waals surface area contributed by atoms with Crippen LogP contribution in [0.25, 0.3) is 110 Å². The summed E-state index contributed by atoms with van der Waals surface area (Å²) < 4.78 is 11.7. The molecule has 0 amide bonds. The maximum absolute atomic E-state index is 6.94. The van der Waals surface area contributed by atoms with E-state index in [1.54, 1.807) is 0 Å². The first-order valence-electron chi connectivity index (χ1n) is 19.5. The standard InChI is InChI=1S/C54H34N2O/c1-3-16-35(17-4-1)38-20-7-8-21-40(38)43-32-33-49(54-53(43)45-24-11-14-29-51(45)57-54)56-47-27-13-10-23-44(47)52-39(25-15-28-48(52)56)36-30-31-42-41-22-9-12-26-46(41)55(50(42)34-36)37-18-5-2-6-19-37/h1-34H. The van der Waals surface area contributed by atoms with Crippen molar-refractivity contribution in [1.29, 1.82) is 0 Å². The van der Waals surface area contributed by atoms with Gasteiger partial charge in [0.1, 0.15) is 5.58 Å². The second kappa shape index (κ2) is 12.5. The molecule has 0 unspecified atom stereocenters. The van der Waals surface area contributed by atoms with Crippen molar-refractivity contribution in [3.05, 3.63) is 206 Å². The Morgan fingerprint density at radius 3 is 1.75 bits per heavy atom. The highest BCUT2D eigenvalue weighted by molar-refractivity contribution is 6.20. The molecule has 3 heteroatoms. The molecule has 0 bridgehead atoms. The molecule has 0 fully saturated rings. The van der Waals surface area contributed by atoms with E-state index in [4.69, 9.17) is 4.42 Å². The molecule has 0 atom stereocenters. The molecule has 0 saturated carbocycles. The number of fused-ring (bicyclic) bond motifs is 9. The summed E-state index contributed by atoms with van der Waals surface area (Å²) in [6.45, 7) is 0. The van der Waals surface area contributed by atoms with Crippen molar-refractivity contribution >= 4 is 65.6 Å². The third kappa shape index (κ3) is 4.73. The van der Waals surface area contributed by atoms with E-state index >= 15 is 0 Å². The molecule has 0 radical (unpaired) electrons. The molecule has 12 aromatic rings. The van der Waals surface area contributed by atoms with Crippen LogP contribution in [0, 0.1) is 0 Å². The van der Waals surface area contributed by atoms with E-state index in [0.717, 1.165) is 49.9 Å². The van der Waals surface area contributed by atoms with Crippen molar-refractivity contribution in [2.24, 2.45) is 0 Å². The van der Waals surface area contributed by atoms with Crippen LogP contribution in [0.1, 0.15) is 0 Å². The van der Waals surface area contributed by atoms with Gasteiger partial charge in [0.15, 0.2) is 5.58 Å². The molecule has 0 spiro atoms. The van der Waals surface area contributed by atoms with Gasteiger partial charge < -0.3 is 13.6 Å². The summed E-state index contributed by atoms with van der Waals surface area (Å²) in [5, 5.41) is 7.15. The smallest absolute Gasteiger partial charge is 0.160 e. The van der Waals surface area contributed by atoms with Crippen LogP contribution in [0.5, 0.6) is 0 Å². The first-order valence-corrected chi connectivity index (χ1v) is 19.5. The molecule has 12 rings (SSSR count). The van der Waals surface area contributed by atoms with Crippen LogP contribution >= 0.6 is 0 Å². The van der Waals surface area contributed by atoms with E-state index in [1.807, 2.05) is 0 Å². The number of furan rings is 1. The molecule has 0 aliphatic rings. The van der Waals surface area contributed by atoms with Gasteiger partial charge in [0.05, 0.1) is 27.8 Å². The van der Waals surface area contributed by atoms with E-state index in [2.05, 4.69) is 215 Å². The second-order valence-electron chi connectivity index (χ2n) is 14.8. The van der Waals surface area contributed by atoms with Crippen molar-refractivity contribution in [1.82, 2.24) is 9.13 Å². The summed E-state index contributed by atoms with van der Waals surface area (Å²) in [7, 11) is 0. The van der Waals surface area contributed by atoms with Crippen LogP contribution in [0.2, 0.25) is 0 Å². The predicted octanol–water partition coefficient (Wildman–Crippen LogP) is 14.8. The Hall–Kier alpha value is -7.62. The van der Waals surface area contributed by atoms with Gasteiger partial charge in [-0.1, -0.05) is 158 Å². The van der Waals surface area contributed by atoms with E-state index in [9.17, 15) is 0 Å². The minimum atomic E-state index is 0.874. The van der Waals surface area contributed by atoms with Crippen molar-refractivity contribution in [3.8, 4) is 44.8 Å². The molecule has 57 heavy (non-hydrogen) atoms. The summed E-state index contributed by atoms with van der Waals surface area (Å²) in [4.78, 5) is 0. The molecule has 3 heterocycles. The number of hydrogen-bond acceptors (Lipinski definition) is 1. The summed E-state index contributed by atoms with van der Waals surface area (Å²) >= 11 is 0. The second-order valence-corrected chi connectivity index (χ2v) is 14.8. The van der Waals surface area contributed by atoms with Gasteiger partial charge >= 0.3 is 0 Å². The number of benzene rings is 9. The van der Waals surface area contributed by atoms with E-state index in [1.165, 1.54) is 60.4 Å². The summed E-state index contributed by atoms with van der Waals surface area (Å²) in [6.07, 6.45) is 0. The lowest BCUT2D eigenvalue weighted by atomic mass is 9.91. The average molecular weight is 727 g/mol. The molecule has 0 saturated heterocycles. The van der Waals surface area contributed by atoms with Gasteiger partial charge in [-0.2, -0.15) is 0 Å². The van der Waals surface area contributed by atoms with Crippen LogP contribution in [-0.4, -0.2) is 9.13 Å². The fraction of sp³-hybridized carbons (Fsp3) is 0. The van der Waals surface area contributed by atoms with Gasteiger partial charge in [0.25, 0.3) is 0 Å². The Morgan fingerprint density at radius 2 is 0.930 bits per heavy atom. The molecular formula is C54H34N2O. The predicted molar refractivity (Wildman–Crippen MR) is 239 cm³/mol. The van der Waals surface area contributed by atoms with Crippen molar-refractivity contribution in [3.63, 3.8) is 0 Å². The van der Waals surface area contributed by atoms with Crippen molar-refractivity contribution in [2.75, 3.05) is 0 Å². The lowest BCUT2D eigenvalue weighted by molar-refractivity contribution is 0.666. The van der Waals surface area contributed by atoms with Gasteiger partial charge in [0, 0.05) is 38.0 Å². The number of hydrogen-bond donors (Lipinski definition) is 0. The summed E-state index contributed by atoms with van der Waals surface area (Å²) in [6, 6.07) is 74.3. The fourth-order valence-electron chi connectivity index (χ4n) is 9.32. The van der Waals surface area contributed by atoms with Gasteiger partial charge in [-0.3, -0.25) is 0 Å². The minimum absolute atomic E-state index is 0.874. The zero-order chi connectivity index (χ0) is 37.5. The van der Waals surface area contributed by atoms with Gasteiger partial charge in [-0.15, -0.1) is 0 Å². The SMILES string of the molecule is c1ccc(-c2ccccc2-c2ccc(-n3c4ccccc4c4c(-c5ccc6c7ccccc7n(-c7ccccc7)c6c5)cccc43)c3oc4ccccc4c23)cc1. The van der Waals surface area contributed by atoms with Crippen LogP contribution < -0.4 is 0 Å². The largest absolute Gasteiger partial charge is 0.454 e. The Labute approximate surface area is 328 Å². The first-order chi connectivity index (χ1) is 28.3. The van der Waals surface area contributed by atoms with Crippen molar-refractivity contribution < 1.29 is 4.42 Å². The minimum Gasteiger partial charge on any atom is -0.454 e. The van der Waals surface area contributed by atoms with Crippen LogP contribution in [-0.2, 0) is 0 Å². The number of rotatable bonds is 5. The lowest BCUT2D eigenvalue weighted by Crippen LogP contribution is -1.96. The van der Waals surface area contributed by atoms with Crippen LogP contribution in [0.3, 0.4) is 0 Å². The zero-order valence-corrected chi connectivity index (χ0v) is 30.9.